The molecule has 0 bridgehead atoms. The monoisotopic (exact) mass is 340 g/mol. The Balaban J connectivity index is 2.68. The summed E-state index contributed by atoms with van der Waals surface area (Å²) >= 11 is 9.89. The number of halogens is 2. The molecule has 0 aliphatic carbocycles. The molecule has 0 amide bonds. The fourth-order valence-corrected chi connectivity index (χ4v) is 2.91. The minimum Gasteiger partial charge on any atom is -0.385 e. The summed E-state index contributed by atoms with van der Waals surface area (Å²) in [7, 11) is 0. The molecule has 102 valence electrons. The molecule has 0 aliphatic heterocycles. The summed E-state index contributed by atoms with van der Waals surface area (Å²) in [5.41, 5.74) is 3.04. The van der Waals surface area contributed by atoms with E-state index in [1.807, 2.05) is 12.1 Å². The van der Waals surface area contributed by atoms with Gasteiger partial charge in [-0.15, -0.1) is 0 Å². The lowest BCUT2D eigenvalue weighted by atomic mass is 10.1. The van der Waals surface area contributed by atoms with Gasteiger partial charge in [0.05, 0.1) is 10.5 Å². The lowest BCUT2D eigenvalue weighted by Gasteiger charge is -2.14. The lowest BCUT2D eigenvalue weighted by molar-refractivity contribution is 0.637. The Labute approximate surface area is 127 Å². The summed E-state index contributed by atoms with van der Waals surface area (Å²) in [4.78, 5) is 4.72. The van der Waals surface area contributed by atoms with Crippen LogP contribution < -0.4 is 5.32 Å². The maximum atomic E-state index is 6.30. The highest BCUT2D eigenvalue weighted by atomic mass is 79.9. The van der Waals surface area contributed by atoms with Crippen molar-refractivity contribution in [2.75, 3.05) is 11.9 Å². The van der Waals surface area contributed by atoms with E-state index in [-0.39, 0.29) is 0 Å². The highest BCUT2D eigenvalue weighted by molar-refractivity contribution is 9.10. The third-order valence-electron chi connectivity index (χ3n) is 2.90. The van der Waals surface area contributed by atoms with Gasteiger partial charge in [0.15, 0.2) is 0 Å². The van der Waals surface area contributed by atoms with Crippen LogP contribution in [0, 0.1) is 5.92 Å². The molecular formula is C15H18BrClN2. The van der Waals surface area contributed by atoms with Crippen molar-refractivity contribution < 1.29 is 0 Å². The van der Waals surface area contributed by atoms with Crippen molar-refractivity contribution in [3.05, 3.63) is 33.4 Å². The van der Waals surface area contributed by atoms with Gasteiger partial charge in [0.25, 0.3) is 0 Å². The second-order valence-electron chi connectivity index (χ2n) is 5.04. The molecule has 0 radical (unpaired) electrons. The van der Waals surface area contributed by atoms with Crippen LogP contribution in [0.2, 0.25) is 5.02 Å². The summed E-state index contributed by atoms with van der Waals surface area (Å²) < 4.78 is 1.02. The number of fused-ring (bicyclic) bond motifs is 1. The zero-order valence-electron chi connectivity index (χ0n) is 11.4. The maximum absolute atomic E-state index is 6.30. The SMILES string of the molecule is CCNc1cc(CC(C)C)nc2c(Cl)ccc(Br)c12. The molecule has 0 saturated heterocycles. The van der Waals surface area contributed by atoms with Crippen molar-refractivity contribution in [2.45, 2.75) is 27.2 Å². The lowest BCUT2D eigenvalue weighted by Crippen LogP contribution is -2.03. The Morgan fingerprint density at radius 3 is 2.74 bits per heavy atom. The largest absolute Gasteiger partial charge is 0.385 e. The van der Waals surface area contributed by atoms with Crippen LogP contribution in [-0.2, 0) is 6.42 Å². The normalized spacial score (nSPS) is 11.3. The van der Waals surface area contributed by atoms with Crippen LogP contribution in [0.4, 0.5) is 5.69 Å². The molecular weight excluding hydrogens is 324 g/mol. The first-order valence-corrected chi connectivity index (χ1v) is 7.71. The molecule has 0 atom stereocenters. The van der Waals surface area contributed by atoms with Crippen LogP contribution in [0.5, 0.6) is 0 Å². The first-order chi connectivity index (χ1) is 9.02. The van der Waals surface area contributed by atoms with Gasteiger partial charge < -0.3 is 5.32 Å². The number of nitrogens with zero attached hydrogens (tertiary/aromatic N) is 1. The quantitative estimate of drug-likeness (QED) is 0.818. The van der Waals surface area contributed by atoms with Crippen LogP contribution in [-0.4, -0.2) is 11.5 Å². The molecule has 1 N–H and O–H groups in total. The molecule has 1 heterocycles. The smallest absolute Gasteiger partial charge is 0.0923 e. The van der Waals surface area contributed by atoms with E-state index in [1.165, 1.54) is 0 Å². The predicted octanol–water partition coefficient (Wildman–Crippen LogP) is 5.28. The van der Waals surface area contributed by atoms with Gasteiger partial charge in [-0.2, -0.15) is 0 Å². The molecule has 0 unspecified atom stereocenters. The fourth-order valence-electron chi connectivity index (χ4n) is 2.17. The molecule has 19 heavy (non-hydrogen) atoms. The second kappa shape index (κ2) is 6.10. The standard InChI is InChI=1S/C15H18BrClN2/c1-4-18-13-8-10(7-9(2)3)19-15-12(17)6-5-11(16)14(13)15/h5-6,8-9H,4,7H2,1-3H3,(H,18,19). The molecule has 2 nitrogen and oxygen atoms in total. The topological polar surface area (TPSA) is 24.9 Å². The van der Waals surface area contributed by atoms with Crippen LogP contribution in [0.25, 0.3) is 10.9 Å². The van der Waals surface area contributed by atoms with E-state index in [1.54, 1.807) is 0 Å². The first kappa shape index (κ1) is 14.6. The van der Waals surface area contributed by atoms with Gasteiger partial charge in [0.2, 0.25) is 0 Å². The van der Waals surface area contributed by atoms with Crippen molar-refractivity contribution in [3.8, 4) is 0 Å². The highest BCUT2D eigenvalue weighted by Gasteiger charge is 2.12. The second-order valence-corrected chi connectivity index (χ2v) is 6.30. The predicted molar refractivity (Wildman–Crippen MR) is 87.2 cm³/mol. The minimum atomic E-state index is 0.574. The van der Waals surface area contributed by atoms with Crippen molar-refractivity contribution in [2.24, 2.45) is 5.92 Å². The van der Waals surface area contributed by atoms with Crippen molar-refractivity contribution in [1.29, 1.82) is 0 Å². The van der Waals surface area contributed by atoms with Crippen molar-refractivity contribution in [3.63, 3.8) is 0 Å². The summed E-state index contributed by atoms with van der Waals surface area (Å²) in [6, 6.07) is 5.98. The van der Waals surface area contributed by atoms with Crippen LogP contribution in [0.1, 0.15) is 26.5 Å². The molecule has 1 aromatic carbocycles. The van der Waals surface area contributed by atoms with E-state index in [0.717, 1.165) is 39.7 Å². The summed E-state index contributed by atoms with van der Waals surface area (Å²) in [6.45, 7) is 7.36. The van der Waals surface area contributed by atoms with Crippen molar-refractivity contribution in [1.82, 2.24) is 4.98 Å². The Kier molecular flexibility index (Phi) is 4.69. The molecule has 0 spiro atoms. The summed E-state index contributed by atoms with van der Waals surface area (Å²) in [6.07, 6.45) is 0.956. The number of pyridine rings is 1. The Morgan fingerprint density at radius 1 is 1.37 bits per heavy atom. The Bertz CT molecular complexity index is 596. The van der Waals surface area contributed by atoms with Crippen molar-refractivity contribution >= 4 is 44.1 Å². The number of hydrogen-bond donors (Lipinski definition) is 1. The zero-order chi connectivity index (χ0) is 14.0. The number of benzene rings is 1. The zero-order valence-corrected chi connectivity index (χ0v) is 13.8. The third-order valence-corrected chi connectivity index (χ3v) is 3.86. The van der Waals surface area contributed by atoms with Crippen LogP contribution >= 0.6 is 27.5 Å². The van der Waals surface area contributed by atoms with E-state index < -0.39 is 0 Å². The van der Waals surface area contributed by atoms with Gasteiger partial charge in [-0.1, -0.05) is 41.4 Å². The van der Waals surface area contributed by atoms with E-state index in [4.69, 9.17) is 16.6 Å². The average Bonchev–Trinajstić information content (AvgIpc) is 2.33. The van der Waals surface area contributed by atoms with Crippen LogP contribution in [0.15, 0.2) is 22.7 Å². The van der Waals surface area contributed by atoms with Gasteiger partial charge in [-0.25, -0.2) is 0 Å². The van der Waals surface area contributed by atoms with Gasteiger partial charge >= 0.3 is 0 Å². The Hall–Kier alpha value is -0.800. The molecule has 0 saturated carbocycles. The number of rotatable bonds is 4. The van der Waals surface area contributed by atoms with Gasteiger partial charge in [-0.3, -0.25) is 4.98 Å². The maximum Gasteiger partial charge on any atom is 0.0923 e. The fraction of sp³-hybridized carbons (Fsp3) is 0.400. The number of anilines is 1. The first-order valence-electron chi connectivity index (χ1n) is 6.54. The molecule has 2 aromatic rings. The van der Waals surface area contributed by atoms with Crippen LogP contribution in [0.3, 0.4) is 0 Å². The number of nitrogens with one attached hydrogen (secondary N) is 1. The summed E-state index contributed by atoms with van der Waals surface area (Å²) in [5, 5.41) is 5.16. The van der Waals surface area contributed by atoms with Gasteiger partial charge in [0, 0.05) is 27.8 Å². The van der Waals surface area contributed by atoms with E-state index in [2.05, 4.69) is 48.1 Å². The molecule has 2 rings (SSSR count). The number of hydrogen-bond acceptors (Lipinski definition) is 2. The van der Waals surface area contributed by atoms with E-state index >= 15 is 0 Å². The average molecular weight is 342 g/mol. The highest BCUT2D eigenvalue weighted by Crippen LogP contribution is 2.35. The molecule has 0 fully saturated rings. The molecule has 4 heteroatoms. The number of aromatic nitrogens is 1. The van der Waals surface area contributed by atoms with E-state index in [9.17, 15) is 0 Å². The van der Waals surface area contributed by atoms with E-state index in [0.29, 0.717) is 10.9 Å². The molecule has 0 aliphatic rings. The van der Waals surface area contributed by atoms with Gasteiger partial charge in [0.1, 0.15) is 0 Å². The Morgan fingerprint density at radius 2 is 2.11 bits per heavy atom. The van der Waals surface area contributed by atoms with Gasteiger partial charge in [-0.05, 0) is 37.5 Å². The molecule has 1 aromatic heterocycles. The third kappa shape index (κ3) is 3.21. The minimum absolute atomic E-state index is 0.574. The summed E-state index contributed by atoms with van der Waals surface area (Å²) in [5.74, 6) is 0.574.